The summed E-state index contributed by atoms with van der Waals surface area (Å²) in [5.74, 6) is -0.740. The number of allylic oxidation sites excluding steroid dienone is 1. The second kappa shape index (κ2) is 4.05. The molecule has 0 saturated heterocycles. The largest absolute Gasteiger partial charge is 0.300 e. The van der Waals surface area contributed by atoms with Gasteiger partial charge in [-0.3, -0.25) is 14.5 Å². The third-order valence-corrected chi connectivity index (χ3v) is 4.67. The number of carbonyl (C=O) groups is 2. The zero-order valence-electron chi connectivity index (χ0n) is 12.4. The van der Waals surface area contributed by atoms with Crippen LogP contribution in [0.25, 0.3) is 5.57 Å². The van der Waals surface area contributed by atoms with E-state index in [0.29, 0.717) is 5.56 Å². The van der Waals surface area contributed by atoms with Crippen molar-refractivity contribution in [1.82, 2.24) is 0 Å². The van der Waals surface area contributed by atoms with Crippen LogP contribution in [0, 0.1) is 6.92 Å². The van der Waals surface area contributed by atoms with E-state index in [9.17, 15) is 9.59 Å². The molecule has 2 aliphatic rings. The normalized spacial score (nSPS) is 24.0. The summed E-state index contributed by atoms with van der Waals surface area (Å²) in [5.41, 5.74) is 4.20. The van der Waals surface area contributed by atoms with E-state index in [1.807, 2.05) is 26.0 Å². The number of hydrogen-bond donors (Lipinski definition) is 0. The smallest absolute Gasteiger partial charge is 0.295 e. The van der Waals surface area contributed by atoms with Crippen LogP contribution in [0.4, 0.5) is 5.69 Å². The number of rotatable bonds is 2. The molecule has 3 rings (SSSR count). The Bertz CT molecular complexity index is 672. The van der Waals surface area contributed by atoms with E-state index in [4.69, 9.17) is 0 Å². The van der Waals surface area contributed by atoms with Crippen LogP contribution in [0.15, 0.2) is 18.2 Å². The molecule has 0 spiro atoms. The average Bonchev–Trinajstić information content (AvgIpc) is 2.71. The highest BCUT2D eigenvalue weighted by atomic mass is 16.2. The van der Waals surface area contributed by atoms with Crippen molar-refractivity contribution >= 4 is 23.0 Å². The van der Waals surface area contributed by atoms with E-state index in [0.717, 1.165) is 29.7 Å². The summed E-state index contributed by atoms with van der Waals surface area (Å²) in [4.78, 5) is 26.5. The van der Waals surface area contributed by atoms with Gasteiger partial charge in [0.2, 0.25) is 0 Å². The van der Waals surface area contributed by atoms with Gasteiger partial charge in [-0.05, 0) is 37.8 Å². The van der Waals surface area contributed by atoms with Gasteiger partial charge in [-0.15, -0.1) is 0 Å². The van der Waals surface area contributed by atoms with Crippen LogP contribution in [0.1, 0.15) is 55.1 Å². The molecule has 1 aromatic carbocycles. The van der Waals surface area contributed by atoms with Crippen LogP contribution in [-0.2, 0) is 4.79 Å². The molecule has 2 heterocycles. The van der Waals surface area contributed by atoms with Crippen molar-refractivity contribution in [2.45, 2.75) is 46.1 Å². The average molecular weight is 269 g/mol. The van der Waals surface area contributed by atoms with Gasteiger partial charge in [0.15, 0.2) is 0 Å². The van der Waals surface area contributed by atoms with Gasteiger partial charge in [0.1, 0.15) is 0 Å². The SMILES string of the molecule is CCC1=C[C@](C)(CC)N2C(=O)C(=O)c3c(C)ccc1c32. The highest BCUT2D eigenvalue weighted by molar-refractivity contribution is 6.53. The van der Waals surface area contributed by atoms with Gasteiger partial charge in [0.05, 0.1) is 16.8 Å². The summed E-state index contributed by atoms with van der Waals surface area (Å²) in [6, 6.07) is 3.98. The lowest BCUT2D eigenvalue weighted by molar-refractivity contribution is -0.115. The number of benzene rings is 1. The second-order valence-electron chi connectivity index (χ2n) is 5.86. The number of amides is 1. The highest BCUT2D eigenvalue weighted by Gasteiger charge is 2.48. The van der Waals surface area contributed by atoms with Crippen molar-refractivity contribution in [3.63, 3.8) is 0 Å². The van der Waals surface area contributed by atoms with Crippen LogP contribution in [0.5, 0.6) is 0 Å². The maximum atomic E-state index is 12.4. The van der Waals surface area contributed by atoms with Crippen LogP contribution >= 0.6 is 0 Å². The first-order valence-electron chi connectivity index (χ1n) is 7.19. The van der Waals surface area contributed by atoms with Crippen LogP contribution < -0.4 is 4.90 Å². The van der Waals surface area contributed by atoms with Crippen molar-refractivity contribution in [3.05, 3.63) is 34.9 Å². The number of aryl methyl sites for hydroxylation is 1. The third kappa shape index (κ3) is 1.41. The van der Waals surface area contributed by atoms with E-state index in [-0.39, 0.29) is 11.7 Å². The Morgan fingerprint density at radius 3 is 2.50 bits per heavy atom. The first-order valence-corrected chi connectivity index (χ1v) is 7.19. The fourth-order valence-corrected chi connectivity index (χ4v) is 3.34. The van der Waals surface area contributed by atoms with Gasteiger partial charge < -0.3 is 0 Å². The van der Waals surface area contributed by atoms with Gasteiger partial charge in [-0.2, -0.15) is 0 Å². The minimum Gasteiger partial charge on any atom is -0.295 e. The first kappa shape index (κ1) is 13.1. The zero-order chi connectivity index (χ0) is 14.7. The van der Waals surface area contributed by atoms with Crippen molar-refractivity contribution in [2.75, 3.05) is 4.90 Å². The fraction of sp³-hybridized carbons (Fsp3) is 0.412. The minimum atomic E-state index is -0.399. The van der Waals surface area contributed by atoms with E-state index >= 15 is 0 Å². The lowest BCUT2D eigenvalue weighted by Gasteiger charge is -2.41. The summed E-state index contributed by atoms with van der Waals surface area (Å²) in [6.45, 7) is 8.11. The Kier molecular flexibility index (Phi) is 2.65. The Hall–Kier alpha value is -1.90. The molecule has 1 amide bonds. The number of anilines is 1. The maximum Gasteiger partial charge on any atom is 0.300 e. The maximum absolute atomic E-state index is 12.4. The van der Waals surface area contributed by atoms with Crippen molar-refractivity contribution in [1.29, 1.82) is 0 Å². The molecule has 0 fully saturated rings. The topological polar surface area (TPSA) is 37.4 Å². The summed E-state index contributed by atoms with van der Waals surface area (Å²) >= 11 is 0. The number of carbonyl (C=O) groups excluding carboxylic acids is 2. The monoisotopic (exact) mass is 269 g/mol. The molecule has 0 saturated carbocycles. The van der Waals surface area contributed by atoms with Gasteiger partial charge in [-0.25, -0.2) is 0 Å². The van der Waals surface area contributed by atoms with E-state index < -0.39 is 5.54 Å². The van der Waals surface area contributed by atoms with Crippen LogP contribution in [-0.4, -0.2) is 17.2 Å². The predicted octanol–water partition coefficient (Wildman–Crippen LogP) is 3.50. The quantitative estimate of drug-likeness (QED) is 0.771. The molecular formula is C17H19NO2. The van der Waals surface area contributed by atoms with Crippen LogP contribution in [0.3, 0.4) is 0 Å². The number of Topliss-reactive ketones (excluding diaryl/α,β-unsaturated/α-hetero) is 1. The molecule has 0 aliphatic carbocycles. The summed E-state index contributed by atoms with van der Waals surface area (Å²) in [7, 11) is 0. The van der Waals surface area contributed by atoms with Crippen LogP contribution in [0.2, 0.25) is 0 Å². The molecule has 3 nitrogen and oxygen atoms in total. The Morgan fingerprint density at radius 2 is 1.90 bits per heavy atom. The Labute approximate surface area is 119 Å². The number of ketones is 1. The second-order valence-corrected chi connectivity index (χ2v) is 5.86. The summed E-state index contributed by atoms with van der Waals surface area (Å²) < 4.78 is 0. The molecule has 104 valence electrons. The lowest BCUT2D eigenvalue weighted by atomic mass is 9.84. The molecular weight excluding hydrogens is 250 g/mol. The predicted molar refractivity (Wildman–Crippen MR) is 80.0 cm³/mol. The molecule has 20 heavy (non-hydrogen) atoms. The van der Waals surface area contributed by atoms with Crippen molar-refractivity contribution in [3.8, 4) is 0 Å². The molecule has 1 atom stereocenters. The zero-order valence-corrected chi connectivity index (χ0v) is 12.4. The lowest BCUT2D eigenvalue weighted by Crippen LogP contribution is -2.49. The molecule has 0 N–H and O–H groups in total. The molecule has 0 radical (unpaired) electrons. The number of nitrogens with zero attached hydrogens (tertiary/aromatic N) is 1. The Balaban J connectivity index is 2.39. The van der Waals surface area contributed by atoms with Gasteiger partial charge in [0.25, 0.3) is 11.7 Å². The molecule has 1 aromatic rings. The van der Waals surface area contributed by atoms with E-state index in [1.165, 1.54) is 5.57 Å². The van der Waals surface area contributed by atoms with Gasteiger partial charge in [-0.1, -0.05) is 32.1 Å². The van der Waals surface area contributed by atoms with E-state index in [2.05, 4.69) is 19.9 Å². The first-order chi connectivity index (χ1) is 9.44. The molecule has 0 bridgehead atoms. The molecule has 3 heteroatoms. The fourth-order valence-electron chi connectivity index (χ4n) is 3.34. The third-order valence-electron chi connectivity index (χ3n) is 4.67. The Morgan fingerprint density at radius 1 is 1.20 bits per heavy atom. The summed E-state index contributed by atoms with van der Waals surface area (Å²) in [5, 5.41) is 0. The molecule has 2 aliphatic heterocycles. The van der Waals surface area contributed by atoms with E-state index in [1.54, 1.807) is 4.90 Å². The van der Waals surface area contributed by atoms with Gasteiger partial charge >= 0.3 is 0 Å². The standard InChI is InChI=1S/C17H19NO2/c1-5-11-9-17(4,6-2)18-14-12(11)8-7-10(3)13(14)15(19)16(18)20/h7-9H,5-6H2,1-4H3/t17-/m0/s1. The van der Waals surface area contributed by atoms with Crippen molar-refractivity contribution in [2.24, 2.45) is 0 Å². The molecule has 0 unspecified atom stereocenters. The highest BCUT2D eigenvalue weighted by Crippen LogP contribution is 2.47. The summed E-state index contributed by atoms with van der Waals surface area (Å²) in [6.07, 6.45) is 3.86. The van der Waals surface area contributed by atoms with Crippen molar-refractivity contribution < 1.29 is 9.59 Å². The van der Waals surface area contributed by atoms with Gasteiger partial charge in [0, 0.05) is 5.56 Å². The minimum absolute atomic E-state index is 0.357. The molecule has 0 aromatic heterocycles. The number of hydrogen-bond acceptors (Lipinski definition) is 2.